The Kier molecular flexibility index (Phi) is 5.67. The van der Waals surface area contributed by atoms with Gasteiger partial charge in [0.25, 0.3) is 5.69 Å². The van der Waals surface area contributed by atoms with Gasteiger partial charge in [-0.05, 0) is 32.4 Å². The monoisotopic (exact) mass is 291 g/mol. The van der Waals surface area contributed by atoms with E-state index in [0.29, 0.717) is 18.7 Å². The van der Waals surface area contributed by atoms with Crippen molar-refractivity contribution in [2.45, 2.75) is 32.7 Å². The molecule has 7 nitrogen and oxygen atoms in total. The first-order valence-electron chi connectivity index (χ1n) is 6.53. The van der Waals surface area contributed by atoms with Crippen LogP contribution in [0.25, 0.3) is 0 Å². The van der Waals surface area contributed by atoms with E-state index in [1.165, 1.54) is 18.2 Å². The molecular formula is C14H17N3O4. The molecule has 0 atom stereocenters. The Morgan fingerprint density at radius 1 is 1.52 bits per heavy atom. The van der Waals surface area contributed by atoms with E-state index in [1.54, 1.807) is 4.90 Å². The van der Waals surface area contributed by atoms with Crippen molar-refractivity contribution in [3.63, 3.8) is 0 Å². The van der Waals surface area contributed by atoms with E-state index < -0.39 is 10.9 Å². The molecule has 0 aliphatic heterocycles. The standard InChI is InChI=1S/C14H17N3O4/c1-10(2)16(7-3-4-14(18)19)12-6-5-11(9-15)8-13(12)17(20)21/h5-6,8,10H,3-4,7H2,1-2H3,(H,18,19). The molecule has 1 N–H and O–H groups in total. The fraction of sp³-hybridized carbons (Fsp3) is 0.429. The van der Waals surface area contributed by atoms with Crippen LogP contribution in [0.2, 0.25) is 0 Å². The Labute approximate surface area is 122 Å². The quantitative estimate of drug-likeness (QED) is 0.611. The van der Waals surface area contributed by atoms with Crippen molar-refractivity contribution in [3.8, 4) is 6.07 Å². The lowest BCUT2D eigenvalue weighted by atomic mass is 10.1. The molecule has 1 rings (SSSR count). The number of hydrogen-bond acceptors (Lipinski definition) is 5. The van der Waals surface area contributed by atoms with Gasteiger partial charge in [-0.15, -0.1) is 0 Å². The van der Waals surface area contributed by atoms with E-state index in [0.717, 1.165) is 0 Å². The summed E-state index contributed by atoms with van der Waals surface area (Å²) in [5.74, 6) is -0.895. The van der Waals surface area contributed by atoms with Gasteiger partial charge in [-0.1, -0.05) is 0 Å². The molecule has 0 saturated carbocycles. The van der Waals surface area contributed by atoms with Crippen molar-refractivity contribution in [2.75, 3.05) is 11.4 Å². The Balaban J connectivity index is 3.10. The van der Waals surface area contributed by atoms with Gasteiger partial charge in [0, 0.05) is 25.1 Å². The highest BCUT2D eigenvalue weighted by Crippen LogP contribution is 2.30. The van der Waals surface area contributed by atoms with E-state index in [9.17, 15) is 14.9 Å². The van der Waals surface area contributed by atoms with Gasteiger partial charge in [0.05, 0.1) is 16.6 Å². The summed E-state index contributed by atoms with van der Waals surface area (Å²) in [5, 5.41) is 28.7. The zero-order valence-corrected chi connectivity index (χ0v) is 11.9. The number of anilines is 1. The molecule has 0 saturated heterocycles. The van der Waals surface area contributed by atoms with Crippen LogP contribution in [0, 0.1) is 21.4 Å². The van der Waals surface area contributed by atoms with Gasteiger partial charge in [0.2, 0.25) is 0 Å². The van der Waals surface area contributed by atoms with Crippen molar-refractivity contribution in [1.29, 1.82) is 5.26 Å². The van der Waals surface area contributed by atoms with Gasteiger partial charge in [-0.2, -0.15) is 5.26 Å². The molecule has 1 aromatic rings. The first-order chi connectivity index (χ1) is 9.86. The van der Waals surface area contributed by atoms with Crippen LogP contribution in [-0.4, -0.2) is 28.6 Å². The number of hydrogen-bond donors (Lipinski definition) is 1. The van der Waals surface area contributed by atoms with Gasteiger partial charge in [0.15, 0.2) is 0 Å². The molecule has 21 heavy (non-hydrogen) atoms. The molecule has 0 bridgehead atoms. The predicted octanol–water partition coefficient (Wildman–Crippen LogP) is 2.55. The van der Waals surface area contributed by atoms with Crippen molar-refractivity contribution in [2.24, 2.45) is 0 Å². The third kappa shape index (κ3) is 4.45. The second-order valence-corrected chi connectivity index (χ2v) is 4.86. The zero-order chi connectivity index (χ0) is 16.0. The minimum atomic E-state index is -0.895. The van der Waals surface area contributed by atoms with Crippen molar-refractivity contribution in [3.05, 3.63) is 33.9 Å². The summed E-state index contributed by atoms with van der Waals surface area (Å²) in [6.07, 6.45) is 0.401. The number of carbonyl (C=O) groups is 1. The second-order valence-electron chi connectivity index (χ2n) is 4.86. The van der Waals surface area contributed by atoms with Crippen LogP contribution < -0.4 is 4.90 Å². The maximum atomic E-state index is 11.2. The second kappa shape index (κ2) is 7.24. The number of nitro benzene ring substituents is 1. The molecule has 0 fully saturated rings. The van der Waals surface area contributed by atoms with Gasteiger partial charge >= 0.3 is 5.97 Å². The van der Waals surface area contributed by atoms with Crippen LogP contribution >= 0.6 is 0 Å². The molecule has 7 heteroatoms. The number of nitro groups is 1. The third-order valence-corrected chi connectivity index (χ3v) is 3.02. The topological polar surface area (TPSA) is 107 Å². The van der Waals surface area contributed by atoms with E-state index in [1.807, 2.05) is 19.9 Å². The first kappa shape index (κ1) is 16.4. The fourth-order valence-electron chi connectivity index (χ4n) is 2.04. The number of nitriles is 1. The molecule has 0 spiro atoms. The van der Waals surface area contributed by atoms with Gasteiger partial charge < -0.3 is 10.0 Å². The number of carboxylic acids is 1. The molecule has 0 aliphatic carbocycles. The average Bonchev–Trinajstić information content (AvgIpc) is 2.42. The zero-order valence-electron chi connectivity index (χ0n) is 11.9. The number of aliphatic carboxylic acids is 1. The van der Waals surface area contributed by atoms with Crippen molar-refractivity contribution < 1.29 is 14.8 Å². The minimum absolute atomic E-state index is 0.00724. The van der Waals surface area contributed by atoms with Crippen LogP contribution in [-0.2, 0) is 4.79 Å². The molecule has 0 amide bonds. The summed E-state index contributed by atoms with van der Waals surface area (Å²) in [6, 6.07) is 6.15. The predicted molar refractivity (Wildman–Crippen MR) is 77.2 cm³/mol. The summed E-state index contributed by atoms with van der Waals surface area (Å²) in [5.41, 5.74) is 0.483. The Bertz CT molecular complexity index is 578. The summed E-state index contributed by atoms with van der Waals surface area (Å²) < 4.78 is 0. The van der Waals surface area contributed by atoms with Crippen LogP contribution in [0.5, 0.6) is 0 Å². The first-order valence-corrected chi connectivity index (χ1v) is 6.53. The lowest BCUT2D eigenvalue weighted by molar-refractivity contribution is -0.384. The van der Waals surface area contributed by atoms with Crippen LogP contribution in [0.15, 0.2) is 18.2 Å². The highest BCUT2D eigenvalue weighted by molar-refractivity contribution is 5.68. The number of rotatable bonds is 7. The van der Waals surface area contributed by atoms with Crippen LogP contribution in [0.4, 0.5) is 11.4 Å². The molecule has 0 radical (unpaired) electrons. The van der Waals surface area contributed by atoms with Gasteiger partial charge in [-0.25, -0.2) is 0 Å². The molecule has 0 aliphatic rings. The molecule has 112 valence electrons. The highest BCUT2D eigenvalue weighted by Gasteiger charge is 2.22. The van der Waals surface area contributed by atoms with Crippen LogP contribution in [0.1, 0.15) is 32.3 Å². The average molecular weight is 291 g/mol. The molecule has 1 aromatic carbocycles. The maximum Gasteiger partial charge on any atom is 0.303 e. The molecule has 0 aromatic heterocycles. The highest BCUT2D eigenvalue weighted by atomic mass is 16.6. The minimum Gasteiger partial charge on any atom is -0.481 e. The number of benzene rings is 1. The summed E-state index contributed by atoms with van der Waals surface area (Å²) in [4.78, 5) is 23.0. The van der Waals surface area contributed by atoms with Gasteiger partial charge in [0.1, 0.15) is 5.69 Å². The summed E-state index contributed by atoms with van der Waals surface area (Å²) in [7, 11) is 0. The fourth-order valence-corrected chi connectivity index (χ4v) is 2.04. The molecule has 0 unspecified atom stereocenters. The maximum absolute atomic E-state index is 11.2. The number of carboxylic acid groups (broad SMARTS) is 1. The summed E-state index contributed by atoms with van der Waals surface area (Å²) >= 11 is 0. The smallest absolute Gasteiger partial charge is 0.303 e. The molecule has 0 heterocycles. The van der Waals surface area contributed by atoms with Crippen LogP contribution in [0.3, 0.4) is 0 Å². The normalized spacial score (nSPS) is 10.2. The molecular weight excluding hydrogens is 274 g/mol. The summed E-state index contributed by atoms with van der Waals surface area (Å²) in [6.45, 7) is 4.15. The van der Waals surface area contributed by atoms with E-state index in [2.05, 4.69) is 0 Å². The van der Waals surface area contributed by atoms with Crippen molar-refractivity contribution >= 4 is 17.3 Å². The Morgan fingerprint density at radius 3 is 2.67 bits per heavy atom. The number of nitrogens with zero attached hydrogens (tertiary/aromatic N) is 3. The Morgan fingerprint density at radius 2 is 2.19 bits per heavy atom. The van der Waals surface area contributed by atoms with E-state index in [4.69, 9.17) is 10.4 Å². The largest absolute Gasteiger partial charge is 0.481 e. The van der Waals surface area contributed by atoms with E-state index in [-0.39, 0.29) is 23.7 Å². The third-order valence-electron chi connectivity index (χ3n) is 3.02. The van der Waals surface area contributed by atoms with Crippen molar-refractivity contribution in [1.82, 2.24) is 0 Å². The Hall–Kier alpha value is -2.62. The van der Waals surface area contributed by atoms with Gasteiger partial charge in [-0.3, -0.25) is 14.9 Å². The van der Waals surface area contributed by atoms with E-state index >= 15 is 0 Å². The lowest BCUT2D eigenvalue weighted by Crippen LogP contribution is -2.32. The lowest BCUT2D eigenvalue weighted by Gasteiger charge is -2.28. The SMILES string of the molecule is CC(C)N(CCCC(=O)O)c1ccc(C#N)cc1[N+](=O)[O-].